The molecule has 2 nitrogen and oxygen atoms in total. The van der Waals surface area contributed by atoms with Crippen molar-refractivity contribution < 1.29 is 4.79 Å². The second-order valence-corrected chi connectivity index (χ2v) is 4.42. The van der Waals surface area contributed by atoms with Crippen molar-refractivity contribution in [2.45, 2.75) is 38.5 Å². The summed E-state index contributed by atoms with van der Waals surface area (Å²) in [5, 5.41) is 0. The van der Waals surface area contributed by atoms with Crippen LogP contribution < -0.4 is 0 Å². The molecule has 0 radical (unpaired) electrons. The second-order valence-electron chi connectivity index (χ2n) is 4.42. The first kappa shape index (κ1) is 13.2. The number of nitrogens with zero attached hydrogens (tertiary/aromatic N) is 1. The summed E-state index contributed by atoms with van der Waals surface area (Å²) in [4.78, 5) is 12.8. The second kappa shape index (κ2) is 8.28. The fourth-order valence-electron chi connectivity index (χ4n) is 2.12. The Balaban J connectivity index is 2.17. The van der Waals surface area contributed by atoms with Crippen molar-refractivity contribution in [3.8, 4) is 0 Å². The normalized spacial score (nSPS) is 16.9. The van der Waals surface area contributed by atoms with Crippen LogP contribution in [0.3, 0.4) is 0 Å². The number of aldehydes is 1. The van der Waals surface area contributed by atoms with Crippen molar-refractivity contribution >= 4 is 6.29 Å². The minimum atomic E-state index is 0.677. The largest absolute Gasteiger partial charge is 0.303 e. The Morgan fingerprint density at radius 3 is 3.00 bits per heavy atom. The van der Waals surface area contributed by atoms with Crippen LogP contribution in [0.5, 0.6) is 0 Å². The van der Waals surface area contributed by atoms with Crippen molar-refractivity contribution in [3.05, 3.63) is 24.3 Å². The summed E-state index contributed by atoms with van der Waals surface area (Å²) in [6, 6.07) is 0. The van der Waals surface area contributed by atoms with Crippen LogP contribution >= 0.6 is 0 Å². The molecule has 0 atom stereocenters. The van der Waals surface area contributed by atoms with Gasteiger partial charge in [-0.3, -0.25) is 4.90 Å². The summed E-state index contributed by atoms with van der Waals surface area (Å²) in [6.07, 6.45) is 11.7. The Morgan fingerprint density at radius 2 is 2.25 bits per heavy atom. The van der Waals surface area contributed by atoms with E-state index in [-0.39, 0.29) is 0 Å². The number of carbonyl (C=O) groups is 1. The fraction of sp³-hybridized carbons (Fsp3) is 0.643. The molecule has 1 rings (SSSR count). The molecule has 1 aliphatic heterocycles. The standard InChI is InChI=1S/C14H23NO/c1-2-3-4-5-10-15-11-6-8-14(13-15)9-7-12-16/h2,8,12H,1,3-7,9-11,13H2. The topological polar surface area (TPSA) is 20.3 Å². The first-order valence-corrected chi connectivity index (χ1v) is 6.31. The van der Waals surface area contributed by atoms with Crippen LogP contribution in [-0.4, -0.2) is 30.8 Å². The highest BCUT2D eigenvalue weighted by Gasteiger charge is 2.11. The Hall–Kier alpha value is -0.890. The van der Waals surface area contributed by atoms with Gasteiger partial charge in [0.2, 0.25) is 0 Å². The molecule has 2 heteroatoms. The predicted molar refractivity (Wildman–Crippen MR) is 68.5 cm³/mol. The summed E-state index contributed by atoms with van der Waals surface area (Å²) in [7, 11) is 0. The van der Waals surface area contributed by atoms with E-state index in [4.69, 9.17) is 0 Å². The van der Waals surface area contributed by atoms with Crippen LogP contribution in [0.4, 0.5) is 0 Å². The van der Waals surface area contributed by atoms with Crippen LogP contribution in [0.2, 0.25) is 0 Å². The SMILES string of the molecule is C=CCCCCN1CCC=C(CCC=O)C1. The highest BCUT2D eigenvalue weighted by Crippen LogP contribution is 2.14. The maximum Gasteiger partial charge on any atom is 0.120 e. The van der Waals surface area contributed by atoms with Gasteiger partial charge in [0.05, 0.1) is 0 Å². The smallest absolute Gasteiger partial charge is 0.120 e. The van der Waals surface area contributed by atoms with Gasteiger partial charge in [-0.2, -0.15) is 0 Å². The van der Waals surface area contributed by atoms with E-state index >= 15 is 0 Å². The van der Waals surface area contributed by atoms with Crippen LogP contribution in [0.1, 0.15) is 38.5 Å². The minimum Gasteiger partial charge on any atom is -0.303 e. The lowest BCUT2D eigenvalue weighted by molar-refractivity contribution is -0.107. The van der Waals surface area contributed by atoms with Gasteiger partial charge in [-0.05, 0) is 38.6 Å². The molecule has 0 saturated heterocycles. The summed E-state index contributed by atoms with van der Waals surface area (Å²) in [6.45, 7) is 7.17. The van der Waals surface area contributed by atoms with Crippen molar-refractivity contribution in [1.82, 2.24) is 4.90 Å². The third-order valence-electron chi connectivity index (χ3n) is 3.02. The monoisotopic (exact) mass is 221 g/mol. The van der Waals surface area contributed by atoms with Crippen LogP contribution in [0.15, 0.2) is 24.3 Å². The number of hydrogen-bond acceptors (Lipinski definition) is 2. The van der Waals surface area contributed by atoms with Gasteiger partial charge >= 0.3 is 0 Å². The number of rotatable bonds is 8. The molecule has 0 saturated carbocycles. The molecule has 0 aromatic rings. The van der Waals surface area contributed by atoms with Gasteiger partial charge in [-0.25, -0.2) is 0 Å². The quantitative estimate of drug-likeness (QED) is 0.357. The van der Waals surface area contributed by atoms with Gasteiger partial charge in [-0.1, -0.05) is 17.7 Å². The van der Waals surface area contributed by atoms with Gasteiger partial charge < -0.3 is 4.79 Å². The van der Waals surface area contributed by atoms with E-state index in [1.807, 2.05) is 6.08 Å². The summed E-state index contributed by atoms with van der Waals surface area (Å²) in [5.41, 5.74) is 1.45. The van der Waals surface area contributed by atoms with Crippen LogP contribution in [-0.2, 0) is 4.79 Å². The Kier molecular flexibility index (Phi) is 6.82. The van der Waals surface area contributed by atoms with Gasteiger partial charge in [0.25, 0.3) is 0 Å². The van der Waals surface area contributed by atoms with E-state index in [1.54, 1.807) is 0 Å². The van der Waals surface area contributed by atoms with E-state index in [1.165, 1.54) is 31.5 Å². The summed E-state index contributed by atoms with van der Waals surface area (Å²) < 4.78 is 0. The maximum absolute atomic E-state index is 10.3. The molecule has 0 aliphatic carbocycles. The van der Waals surface area contributed by atoms with Crippen molar-refractivity contribution in [3.63, 3.8) is 0 Å². The molecule has 0 N–H and O–H groups in total. The number of allylic oxidation sites excluding steroid dienone is 1. The van der Waals surface area contributed by atoms with Crippen molar-refractivity contribution in [2.24, 2.45) is 0 Å². The lowest BCUT2D eigenvalue weighted by atomic mass is 10.0. The number of unbranched alkanes of at least 4 members (excludes halogenated alkanes) is 2. The Morgan fingerprint density at radius 1 is 1.38 bits per heavy atom. The average Bonchev–Trinajstić information content (AvgIpc) is 2.33. The Labute approximate surface area is 99.0 Å². The molecule has 1 aliphatic rings. The van der Waals surface area contributed by atoms with E-state index in [0.717, 1.165) is 32.1 Å². The Bertz CT molecular complexity index is 245. The van der Waals surface area contributed by atoms with Gasteiger partial charge in [0.15, 0.2) is 0 Å². The van der Waals surface area contributed by atoms with E-state index in [2.05, 4.69) is 17.6 Å². The van der Waals surface area contributed by atoms with Crippen molar-refractivity contribution in [2.75, 3.05) is 19.6 Å². The fourth-order valence-corrected chi connectivity index (χ4v) is 2.12. The molecule has 0 bridgehead atoms. The first-order valence-electron chi connectivity index (χ1n) is 6.31. The third-order valence-corrected chi connectivity index (χ3v) is 3.02. The third kappa shape index (κ3) is 5.26. The molecule has 16 heavy (non-hydrogen) atoms. The van der Waals surface area contributed by atoms with E-state index in [0.29, 0.717) is 6.42 Å². The molecule has 0 spiro atoms. The zero-order valence-corrected chi connectivity index (χ0v) is 10.2. The highest BCUT2D eigenvalue weighted by atomic mass is 16.1. The van der Waals surface area contributed by atoms with Gasteiger partial charge in [-0.15, -0.1) is 6.58 Å². The molecule has 90 valence electrons. The van der Waals surface area contributed by atoms with Crippen LogP contribution in [0, 0.1) is 0 Å². The molecule has 0 aromatic heterocycles. The molecular formula is C14H23NO. The molecule has 0 amide bonds. The maximum atomic E-state index is 10.3. The lowest BCUT2D eigenvalue weighted by Crippen LogP contribution is -2.30. The predicted octanol–water partition coefficient (Wildman–Crippen LogP) is 2.95. The lowest BCUT2D eigenvalue weighted by Gasteiger charge is -2.27. The summed E-state index contributed by atoms with van der Waals surface area (Å²) in [5.74, 6) is 0. The highest BCUT2D eigenvalue weighted by molar-refractivity contribution is 5.49. The van der Waals surface area contributed by atoms with Crippen molar-refractivity contribution in [1.29, 1.82) is 0 Å². The number of hydrogen-bond donors (Lipinski definition) is 0. The molecule has 0 unspecified atom stereocenters. The van der Waals surface area contributed by atoms with E-state index < -0.39 is 0 Å². The zero-order valence-electron chi connectivity index (χ0n) is 10.2. The first-order chi connectivity index (χ1) is 7.86. The molecular weight excluding hydrogens is 198 g/mol. The van der Waals surface area contributed by atoms with Gasteiger partial charge in [0, 0.05) is 19.5 Å². The molecule has 0 aromatic carbocycles. The van der Waals surface area contributed by atoms with Crippen LogP contribution in [0.25, 0.3) is 0 Å². The minimum absolute atomic E-state index is 0.677. The summed E-state index contributed by atoms with van der Waals surface area (Å²) >= 11 is 0. The molecule has 1 heterocycles. The zero-order chi connectivity index (χ0) is 11.6. The van der Waals surface area contributed by atoms with Gasteiger partial charge in [0.1, 0.15) is 6.29 Å². The van der Waals surface area contributed by atoms with E-state index in [9.17, 15) is 4.79 Å². The number of carbonyl (C=O) groups excluding carboxylic acids is 1. The average molecular weight is 221 g/mol. The molecule has 0 fully saturated rings.